The molecule has 4 heteroatoms. The molecule has 1 fully saturated rings. The van der Waals surface area contributed by atoms with Crippen LogP contribution in [0, 0.1) is 0 Å². The molecular formula is C15H22N2O2. The highest BCUT2D eigenvalue weighted by molar-refractivity contribution is 5.84. The second kappa shape index (κ2) is 5.61. The summed E-state index contributed by atoms with van der Waals surface area (Å²) in [4.78, 5) is 11.6. The van der Waals surface area contributed by atoms with Crippen LogP contribution in [0.1, 0.15) is 45.2 Å². The van der Waals surface area contributed by atoms with E-state index in [0.717, 1.165) is 12.2 Å². The van der Waals surface area contributed by atoms with Crippen LogP contribution in [0.25, 0.3) is 0 Å². The molecule has 1 unspecified atom stereocenters. The molecule has 1 atom stereocenters. The van der Waals surface area contributed by atoms with Gasteiger partial charge in [-0.1, -0.05) is 12.1 Å². The van der Waals surface area contributed by atoms with Crippen molar-refractivity contribution in [2.75, 3.05) is 11.9 Å². The van der Waals surface area contributed by atoms with Crippen LogP contribution < -0.4 is 10.6 Å². The number of carbonyl (C=O) groups is 1. The summed E-state index contributed by atoms with van der Waals surface area (Å²) in [6.07, 6.45) is 1.99. The Morgan fingerprint density at radius 2 is 2.00 bits per heavy atom. The molecule has 1 aliphatic rings. The average Bonchev–Trinajstić information content (AvgIpc) is 2.80. The summed E-state index contributed by atoms with van der Waals surface area (Å²) >= 11 is 0. The van der Waals surface area contributed by atoms with Crippen molar-refractivity contribution in [1.82, 2.24) is 5.32 Å². The lowest BCUT2D eigenvalue weighted by Crippen LogP contribution is -2.27. The van der Waals surface area contributed by atoms with Crippen LogP contribution in [0.2, 0.25) is 0 Å². The van der Waals surface area contributed by atoms with Crippen molar-refractivity contribution in [3.05, 3.63) is 29.8 Å². The van der Waals surface area contributed by atoms with Crippen LogP contribution in [0.3, 0.4) is 0 Å². The predicted molar refractivity (Wildman–Crippen MR) is 76.3 cm³/mol. The standard InChI is InChI=1S/C15H22N2O2/c1-15(2,3)19-14(18)17-12-8-6-11(7-9-12)13-5-4-10-16-13/h6-9,13,16H,4-5,10H2,1-3H3,(H,17,18). The Kier molecular flexibility index (Phi) is 4.10. The Morgan fingerprint density at radius 3 is 2.53 bits per heavy atom. The lowest BCUT2D eigenvalue weighted by atomic mass is 10.1. The maximum Gasteiger partial charge on any atom is 0.412 e. The molecule has 1 amide bonds. The molecule has 0 aromatic heterocycles. The van der Waals surface area contributed by atoms with Gasteiger partial charge in [-0.05, 0) is 57.9 Å². The number of hydrogen-bond donors (Lipinski definition) is 2. The van der Waals surface area contributed by atoms with E-state index < -0.39 is 11.7 Å². The van der Waals surface area contributed by atoms with Crippen LogP contribution in [-0.4, -0.2) is 18.2 Å². The van der Waals surface area contributed by atoms with Crippen molar-refractivity contribution in [1.29, 1.82) is 0 Å². The molecule has 104 valence electrons. The SMILES string of the molecule is CC(C)(C)OC(=O)Nc1ccc(C2CCCN2)cc1. The fraction of sp³-hybridized carbons (Fsp3) is 0.533. The van der Waals surface area contributed by atoms with Gasteiger partial charge in [0.1, 0.15) is 5.60 Å². The van der Waals surface area contributed by atoms with Crippen LogP contribution >= 0.6 is 0 Å². The van der Waals surface area contributed by atoms with Crippen LogP contribution in [0.4, 0.5) is 10.5 Å². The first kappa shape index (κ1) is 13.9. The number of rotatable bonds is 2. The molecule has 0 aliphatic carbocycles. The van der Waals surface area contributed by atoms with Crippen molar-refractivity contribution in [3.63, 3.8) is 0 Å². The lowest BCUT2D eigenvalue weighted by molar-refractivity contribution is 0.0636. The van der Waals surface area contributed by atoms with E-state index in [9.17, 15) is 4.79 Å². The van der Waals surface area contributed by atoms with E-state index in [2.05, 4.69) is 22.8 Å². The smallest absolute Gasteiger partial charge is 0.412 e. The Balaban J connectivity index is 1.93. The number of hydrogen-bond acceptors (Lipinski definition) is 3. The third-order valence-corrected chi connectivity index (χ3v) is 3.02. The summed E-state index contributed by atoms with van der Waals surface area (Å²) in [5, 5.41) is 6.19. The fourth-order valence-electron chi connectivity index (χ4n) is 2.19. The molecule has 1 aromatic carbocycles. The highest BCUT2D eigenvalue weighted by Crippen LogP contribution is 2.24. The van der Waals surface area contributed by atoms with E-state index in [-0.39, 0.29) is 0 Å². The third kappa shape index (κ3) is 4.24. The lowest BCUT2D eigenvalue weighted by Gasteiger charge is -2.19. The molecule has 4 nitrogen and oxygen atoms in total. The third-order valence-electron chi connectivity index (χ3n) is 3.02. The van der Waals surface area contributed by atoms with E-state index >= 15 is 0 Å². The van der Waals surface area contributed by atoms with Crippen LogP contribution in [0.15, 0.2) is 24.3 Å². The van der Waals surface area contributed by atoms with E-state index in [1.807, 2.05) is 32.9 Å². The van der Waals surface area contributed by atoms with Crippen molar-refractivity contribution in [2.24, 2.45) is 0 Å². The van der Waals surface area contributed by atoms with Gasteiger partial charge in [0, 0.05) is 11.7 Å². The minimum atomic E-state index is -0.474. The van der Waals surface area contributed by atoms with Crippen molar-refractivity contribution in [3.8, 4) is 0 Å². The summed E-state index contributed by atoms with van der Waals surface area (Å²) in [6.45, 7) is 6.63. The van der Waals surface area contributed by atoms with Gasteiger partial charge in [0.05, 0.1) is 0 Å². The van der Waals surface area contributed by atoms with Gasteiger partial charge in [-0.15, -0.1) is 0 Å². The van der Waals surface area contributed by atoms with Crippen LogP contribution in [-0.2, 0) is 4.74 Å². The number of nitrogens with one attached hydrogen (secondary N) is 2. The number of carbonyl (C=O) groups excluding carboxylic acids is 1. The van der Waals surface area contributed by atoms with Gasteiger partial charge in [-0.25, -0.2) is 4.79 Å². The molecule has 19 heavy (non-hydrogen) atoms. The summed E-state index contributed by atoms with van der Waals surface area (Å²) in [6, 6.07) is 8.39. The number of amides is 1. The molecule has 2 N–H and O–H groups in total. The largest absolute Gasteiger partial charge is 0.444 e. The molecule has 1 heterocycles. The summed E-state index contributed by atoms with van der Waals surface area (Å²) in [5.74, 6) is 0. The zero-order valence-electron chi connectivity index (χ0n) is 11.8. The quantitative estimate of drug-likeness (QED) is 0.858. The van der Waals surface area contributed by atoms with E-state index in [1.54, 1.807) is 0 Å². The Labute approximate surface area is 114 Å². The zero-order valence-corrected chi connectivity index (χ0v) is 11.8. The van der Waals surface area contributed by atoms with Gasteiger partial charge in [-0.3, -0.25) is 5.32 Å². The summed E-state index contributed by atoms with van der Waals surface area (Å²) < 4.78 is 5.21. The number of anilines is 1. The normalized spacial score (nSPS) is 19.2. The first-order valence-electron chi connectivity index (χ1n) is 6.77. The van der Waals surface area contributed by atoms with Crippen molar-refractivity contribution < 1.29 is 9.53 Å². The minimum absolute atomic E-state index is 0.417. The first-order chi connectivity index (χ1) is 8.94. The zero-order chi connectivity index (χ0) is 13.9. The van der Waals surface area contributed by atoms with E-state index in [0.29, 0.717) is 6.04 Å². The molecule has 0 radical (unpaired) electrons. The molecule has 1 saturated heterocycles. The molecule has 0 saturated carbocycles. The van der Waals surface area contributed by atoms with Crippen molar-refractivity contribution >= 4 is 11.8 Å². The maximum absolute atomic E-state index is 11.6. The van der Waals surface area contributed by atoms with Crippen molar-refractivity contribution in [2.45, 2.75) is 45.3 Å². The molecule has 0 spiro atoms. The number of ether oxygens (including phenoxy) is 1. The second-order valence-corrected chi connectivity index (χ2v) is 5.90. The molecule has 1 aromatic rings. The summed E-state index contributed by atoms with van der Waals surface area (Å²) in [7, 11) is 0. The highest BCUT2D eigenvalue weighted by atomic mass is 16.6. The van der Waals surface area contributed by atoms with Gasteiger partial charge >= 0.3 is 6.09 Å². The van der Waals surface area contributed by atoms with Gasteiger partial charge in [-0.2, -0.15) is 0 Å². The first-order valence-corrected chi connectivity index (χ1v) is 6.77. The van der Waals surface area contributed by atoms with Gasteiger partial charge in [0.25, 0.3) is 0 Å². The Hall–Kier alpha value is -1.55. The Bertz CT molecular complexity index is 428. The fourth-order valence-corrected chi connectivity index (χ4v) is 2.19. The average molecular weight is 262 g/mol. The molecular weight excluding hydrogens is 240 g/mol. The molecule has 1 aliphatic heterocycles. The van der Waals surface area contributed by atoms with Crippen LogP contribution in [0.5, 0.6) is 0 Å². The Morgan fingerprint density at radius 1 is 1.32 bits per heavy atom. The summed E-state index contributed by atoms with van der Waals surface area (Å²) in [5.41, 5.74) is 1.56. The highest BCUT2D eigenvalue weighted by Gasteiger charge is 2.17. The monoisotopic (exact) mass is 262 g/mol. The number of benzene rings is 1. The van der Waals surface area contributed by atoms with Gasteiger partial charge in [0.2, 0.25) is 0 Å². The maximum atomic E-state index is 11.6. The molecule has 0 bridgehead atoms. The van der Waals surface area contributed by atoms with E-state index in [1.165, 1.54) is 18.4 Å². The van der Waals surface area contributed by atoms with Gasteiger partial charge in [0.15, 0.2) is 0 Å². The van der Waals surface area contributed by atoms with Gasteiger partial charge < -0.3 is 10.1 Å². The molecule has 2 rings (SSSR count). The topological polar surface area (TPSA) is 50.4 Å². The van der Waals surface area contributed by atoms with E-state index in [4.69, 9.17) is 4.74 Å². The minimum Gasteiger partial charge on any atom is -0.444 e. The second-order valence-electron chi connectivity index (χ2n) is 5.90. The predicted octanol–water partition coefficient (Wildman–Crippen LogP) is 3.46.